The molecular weight excluding hydrogens is 394 g/mol. The first kappa shape index (κ1) is 21.4. The van der Waals surface area contributed by atoms with Crippen LogP contribution in [-0.4, -0.2) is 64.9 Å². The summed E-state index contributed by atoms with van der Waals surface area (Å²) in [5, 5.41) is 12.2. The number of piperazine rings is 1. The standard InChI is InChI=1S/C19H31N5O2S2/c1-14(2)20-16(25)13-27-19-22-21-18(28-19)24-11-9-23(10-12-24)17(26)8-7-15-5-3-4-6-15/h14-15H,3-13H2,1-2H3,(H,20,25). The third kappa shape index (κ3) is 6.34. The monoisotopic (exact) mass is 425 g/mol. The average molecular weight is 426 g/mol. The minimum atomic E-state index is 0.0153. The van der Waals surface area contributed by atoms with Crippen LogP contribution in [0.2, 0.25) is 0 Å². The highest BCUT2D eigenvalue weighted by Gasteiger charge is 2.24. The van der Waals surface area contributed by atoms with E-state index in [1.54, 1.807) is 0 Å². The van der Waals surface area contributed by atoms with Gasteiger partial charge in [0.2, 0.25) is 16.9 Å². The summed E-state index contributed by atoms with van der Waals surface area (Å²) in [4.78, 5) is 28.4. The van der Waals surface area contributed by atoms with Gasteiger partial charge >= 0.3 is 0 Å². The fourth-order valence-electron chi connectivity index (χ4n) is 3.81. The molecule has 0 unspecified atom stereocenters. The van der Waals surface area contributed by atoms with Crippen LogP contribution >= 0.6 is 23.1 Å². The van der Waals surface area contributed by atoms with Crippen molar-refractivity contribution in [2.75, 3.05) is 36.8 Å². The topological polar surface area (TPSA) is 78.4 Å². The van der Waals surface area contributed by atoms with Crippen molar-refractivity contribution in [3.8, 4) is 0 Å². The molecular formula is C19H31N5O2S2. The number of carbonyl (C=O) groups excluding carboxylic acids is 2. The van der Waals surface area contributed by atoms with Gasteiger partial charge < -0.3 is 15.1 Å². The molecule has 2 fully saturated rings. The predicted molar refractivity (Wildman–Crippen MR) is 114 cm³/mol. The molecule has 7 nitrogen and oxygen atoms in total. The Morgan fingerprint density at radius 2 is 1.89 bits per heavy atom. The van der Waals surface area contributed by atoms with Crippen LogP contribution in [0, 0.1) is 5.92 Å². The minimum Gasteiger partial charge on any atom is -0.353 e. The summed E-state index contributed by atoms with van der Waals surface area (Å²) >= 11 is 2.94. The Morgan fingerprint density at radius 1 is 1.18 bits per heavy atom. The Balaban J connectivity index is 1.39. The number of carbonyl (C=O) groups is 2. The van der Waals surface area contributed by atoms with Gasteiger partial charge in [-0.1, -0.05) is 48.8 Å². The Hall–Kier alpha value is -1.35. The third-order valence-corrected chi connectivity index (χ3v) is 7.43. The van der Waals surface area contributed by atoms with Crippen LogP contribution in [0.1, 0.15) is 52.4 Å². The van der Waals surface area contributed by atoms with Crippen LogP contribution in [0.25, 0.3) is 0 Å². The minimum absolute atomic E-state index is 0.0153. The van der Waals surface area contributed by atoms with Gasteiger partial charge in [-0.05, 0) is 26.2 Å². The summed E-state index contributed by atoms with van der Waals surface area (Å²) < 4.78 is 0.809. The normalized spacial score (nSPS) is 18.1. The highest BCUT2D eigenvalue weighted by atomic mass is 32.2. The SMILES string of the molecule is CC(C)NC(=O)CSc1nnc(N2CCN(C(=O)CCC3CCCC3)CC2)s1. The van der Waals surface area contributed by atoms with Gasteiger partial charge in [-0.25, -0.2) is 0 Å². The molecule has 0 radical (unpaired) electrons. The van der Waals surface area contributed by atoms with Crippen LogP contribution in [-0.2, 0) is 9.59 Å². The molecule has 1 aromatic rings. The van der Waals surface area contributed by atoms with Crippen molar-refractivity contribution < 1.29 is 9.59 Å². The van der Waals surface area contributed by atoms with Crippen molar-refractivity contribution in [2.45, 2.75) is 62.8 Å². The molecule has 1 aromatic heterocycles. The fourth-order valence-corrected chi connectivity index (χ4v) is 5.52. The van der Waals surface area contributed by atoms with Crippen LogP contribution in [0.3, 0.4) is 0 Å². The molecule has 28 heavy (non-hydrogen) atoms. The van der Waals surface area contributed by atoms with Crippen molar-refractivity contribution in [3.05, 3.63) is 0 Å². The maximum absolute atomic E-state index is 12.5. The summed E-state index contributed by atoms with van der Waals surface area (Å²) in [6.07, 6.45) is 7.03. The van der Waals surface area contributed by atoms with Crippen LogP contribution in [0.15, 0.2) is 4.34 Å². The van der Waals surface area contributed by atoms with E-state index in [9.17, 15) is 9.59 Å². The number of anilines is 1. The molecule has 0 aromatic carbocycles. The molecule has 0 atom stereocenters. The van der Waals surface area contributed by atoms with Gasteiger partial charge in [0.1, 0.15) is 0 Å². The lowest BCUT2D eigenvalue weighted by Crippen LogP contribution is -2.48. The number of thioether (sulfide) groups is 1. The highest BCUT2D eigenvalue weighted by Crippen LogP contribution is 2.30. The smallest absolute Gasteiger partial charge is 0.230 e. The van der Waals surface area contributed by atoms with Crippen LogP contribution in [0.4, 0.5) is 5.13 Å². The van der Waals surface area contributed by atoms with Gasteiger partial charge in [0.05, 0.1) is 5.75 Å². The summed E-state index contributed by atoms with van der Waals surface area (Å²) in [7, 11) is 0. The average Bonchev–Trinajstić information content (AvgIpc) is 3.36. The zero-order valence-corrected chi connectivity index (χ0v) is 18.5. The summed E-state index contributed by atoms with van der Waals surface area (Å²) in [5.41, 5.74) is 0. The molecule has 0 spiro atoms. The largest absolute Gasteiger partial charge is 0.353 e. The van der Waals surface area contributed by atoms with Crippen LogP contribution < -0.4 is 10.2 Å². The van der Waals surface area contributed by atoms with Crippen LogP contribution in [0.5, 0.6) is 0 Å². The van der Waals surface area contributed by atoms with E-state index >= 15 is 0 Å². The lowest BCUT2D eigenvalue weighted by molar-refractivity contribution is -0.131. The van der Waals surface area contributed by atoms with Crippen molar-refractivity contribution in [3.63, 3.8) is 0 Å². The van der Waals surface area contributed by atoms with E-state index in [0.29, 0.717) is 18.1 Å². The molecule has 1 N–H and O–H groups in total. The Bertz CT molecular complexity index is 653. The van der Waals surface area contributed by atoms with Gasteiger partial charge in [0.15, 0.2) is 4.34 Å². The van der Waals surface area contributed by atoms with Gasteiger partial charge in [0.25, 0.3) is 0 Å². The second-order valence-corrected chi connectivity index (χ2v) is 10.1. The van der Waals surface area contributed by atoms with Crippen molar-refractivity contribution in [1.29, 1.82) is 0 Å². The Kier molecular flexibility index (Phi) is 7.96. The zero-order chi connectivity index (χ0) is 19.9. The molecule has 1 aliphatic carbocycles. The highest BCUT2D eigenvalue weighted by molar-refractivity contribution is 8.01. The van der Waals surface area contributed by atoms with E-state index in [1.165, 1.54) is 48.8 Å². The number of nitrogens with one attached hydrogen (secondary N) is 1. The van der Waals surface area contributed by atoms with Gasteiger partial charge in [0, 0.05) is 38.6 Å². The summed E-state index contributed by atoms with van der Waals surface area (Å²) in [6.45, 7) is 6.99. The molecule has 3 rings (SSSR count). The van der Waals surface area contributed by atoms with E-state index in [4.69, 9.17) is 0 Å². The zero-order valence-electron chi connectivity index (χ0n) is 16.9. The first-order valence-corrected chi connectivity index (χ1v) is 12.1. The second-order valence-electron chi connectivity index (χ2n) is 7.92. The van der Waals surface area contributed by atoms with E-state index in [2.05, 4.69) is 20.4 Å². The third-order valence-electron chi connectivity index (χ3n) is 5.32. The maximum Gasteiger partial charge on any atom is 0.230 e. The molecule has 1 aliphatic heterocycles. The number of amides is 2. The van der Waals surface area contributed by atoms with E-state index < -0.39 is 0 Å². The van der Waals surface area contributed by atoms with Crippen molar-refractivity contribution in [1.82, 2.24) is 20.4 Å². The van der Waals surface area contributed by atoms with E-state index in [-0.39, 0.29) is 11.9 Å². The molecule has 9 heteroatoms. The van der Waals surface area contributed by atoms with Gasteiger partial charge in [-0.2, -0.15) is 0 Å². The molecule has 1 saturated carbocycles. The lowest BCUT2D eigenvalue weighted by atomic mass is 10.0. The Labute approximate surface area is 175 Å². The maximum atomic E-state index is 12.5. The van der Waals surface area contributed by atoms with E-state index in [0.717, 1.165) is 48.0 Å². The predicted octanol–water partition coefficient (Wildman–Crippen LogP) is 2.77. The van der Waals surface area contributed by atoms with E-state index in [1.807, 2.05) is 18.7 Å². The molecule has 1 saturated heterocycles. The number of rotatable bonds is 8. The first-order chi connectivity index (χ1) is 13.5. The van der Waals surface area contributed by atoms with Crippen molar-refractivity contribution in [2.24, 2.45) is 5.92 Å². The Morgan fingerprint density at radius 3 is 2.57 bits per heavy atom. The molecule has 2 amide bonds. The molecule has 2 heterocycles. The number of aromatic nitrogens is 2. The quantitative estimate of drug-likeness (QED) is 0.645. The second kappa shape index (κ2) is 10.4. The number of hydrogen-bond acceptors (Lipinski definition) is 7. The van der Waals surface area contributed by atoms with Crippen molar-refractivity contribution >= 4 is 40.0 Å². The fraction of sp³-hybridized carbons (Fsp3) is 0.789. The first-order valence-electron chi connectivity index (χ1n) is 10.3. The number of nitrogens with zero attached hydrogens (tertiary/aromatic N) is 4. The van der Waals surface area contributed by atoms with Gasteiger partial charge in [-0.15, -0.1) is 10.2 Å². The van der Waals surface area contributed by atoms with Gasteiger partial charge in [-0.3, -0.25) is 9.59 Å². The molecule has 0 bridgehead atoms. The lowest BCUT2D eigenvalue weighted by Gasteiger charge is -2.34. The molecule has 156 valence electrons. The number of hydrogen-bond donors (Lipinski definition) is 1. The molecule has 2 aliphatic rings. The summed E-state index contributed by atoms with van der Waals surface area (Å²) in [6, 6.07) is 0.148. The summed E-state index contributed by atoms with van der Waals surface area (Å²) in [5.74, 6) is 1.44.